The summed E-state index contributed by atoms with van der Waals surface area (Å²) in [6, 6.07) is 6.56. The van der Waals surface area contributed by atoms with E-state index < -0.39 is 0 Å². The Labute approximate surface area is 105 Å². The molecule has 0 radical (unpaired) electrons. The molecule has 1 unspecified atom stereocenters. The summed E-state index contributed by atoms with van der Waals surface area (Å²) in [7, 11) is 0. The summed E-state index contributed by atoms with van der Waals surface area (Å²) in [4.78, 5) is 0. The molecule has 1 atom stereocenters. The van der Waals surface area contributed by atoms with E-state index >= 15 is 0 Å². The fraction of sp³-hybridized carbons (Fsp3) is 0.538. The first-order valence-corrected chi connectivity index (χ1v) is 6.88. The van der Waals surface area contributed by atoms with Gasteiger partial charge in [0.1, 0.15) is 0 Å². The second kappa shape index (κ2) is 4.38. The van der Waals surface area contributed by atoms with E-state index in [2.05, 4.69) is 44.8 Å². The van der Waals surface area contributed by atoms with Gasteiger partial charge in [0.05, 0.1) is 5.69 Å². The first kappa shape index (κ1) is 10.6. The van der Waals surface area contributed by atoms with Gasteiger partial charge in [-0.1, -0.05) is 12.1 Å². The second-order valence-electron chi connectivity index (χ2n) is 4.78. The lowest BCUT2D eigenvalue weighted by molar-refractivity contribution is 0.330. The van der Waals surface area contributed by atoms with Crippen LogP contribution in [-0.2, 0) is 0 Å². The highest BCUT2D eigenvalue weighted by Gasteiger charge is 2.31. The van der Waals surface area contributed by atoms with Crippen LogP contribution in [0.15, 0.2) is 22.7 Å². The quantitative estimate of drug-likeness (QED) is 0.827. The number of halogens is 1. The van der Waals surface area contributed by atoms with Gasteiger partial charge in [0.15, 0.2) is 0 Å². The molecule has 0 spiro atoms. The average Bonchev–Trinajstić information content (AvgIpc) is 2.75. The maximum absolute atomic E-state index is 3.62. The smallest absolute Gasteiger partial charge is 0.0521 e. The van der Waals surface area contributed by atoms with Crippen LogP contribution in [0, 0.1) is 5.92 Å². The van der Waals surface area contributed by atoms with Crippen LogP contribution in [0.5, 0.6) is 0 Å². The molecule has 2 aliphatic rings. The molecule has 0 saturated carbocycles. The van der Waals surface area contributed by atoms with E-state index in [1.165, 1.54) is 41.7 Å². The van der Waals surface area contributed by atoms with Gasteiger partial charge in [0.25, 0.3) is 0 Å². The third kappa shape index (κ3) is 1.76. The minimum atomic E-state index is 0.717. The predicted octanol–water partition coefficient (Wildman–Crippen LogP) is 2.96. The highest BCUT2D eigenvalue weighted by atomic mass is 79.9. The number of fused-ring (bicyclic) bond motifs is 1. The Morgan fingerprint density at radius 1 is 1.19 bits per heavy atom. The van der Waals surface area contributed by atoms with Gasteiger partial charge in [-0.2, -0.15) is 0 Å². The van der Waals surface area contributed by atoms with Gasteiger partial charge in [-0.25, -0.2) is 0 Å². The summed E-state index contributed by atoms with van der Waals surface area (Å²) in [5, 5.41) is 6.99. The fourth-order valence-electron chi connectivity index (χ4n) is 3.03. The third-order valence-corrected chi connectivity index (χ3v) is 4.56. The van der Waals surface area contributed by atoms with Crippen molar-refractivity contribution in [2.75, 3.05) is 25.0 Å². The van der Waals surface area contributed by atoms with Gasteiger partial charge in [-0.05, 0) is 59.4 Å². The SMILES string of the molecule is Brc1cccc2c1NCC2C1CCNCC1. The lowest BCUT2D eigenvalue weighted by Crippen LogP contribution is -2.31. The Balaban J connectivity index is 1.87. The highest BCUT2D eigenvalue weighted by Crippen LogP contribution is 2.42. The number of hydrogen-bond donors (Lipinski definition) is 2. The molecule has 1 saturated heterocycles. The van der Waals surface area contributed by atoms with Crippen LogP contribution in [0.1, 0.15) is 24.3 Å². The topological polar surface area (TPSA) is 24.1 Å². The van der Waals surface area contributed by atoms with Crippen LogP contribution in [0.25, 0.3) is 0 Å². The van der Waals surface area contributed by atoms with Gasteiger partial charge in [0, 0.05) is 16.9 Å². The molecular formula is C13H17BrN2. The summed E-state index contributed by atoms with van der Waals surface area (Å²) in [5.74, 6) is 1.57. The van der Waals surface area contributed by atoms with Gasteiger partial charge in [-0.3, -0.25) is 0 Å². The molecule has 1 fully saturated rings. The molecule has 0 aliphatic carbocycles. The number of rotatable bonds is 1. The van der Waals surface area contributed by atoms with Gasteiger partial charge in [-0.15, -0.1) is 0 Å². The zero-order valence-corrected chi connectivity index (χ0v) is 10.9. The average molecular weight is 281 g/mol. The second-order valence-corrected chi connectivity index (χ2v) is 5.63. The van der Waals surface area contributed by atoms with Crippen LogP contribution >= 0.6 is 15.9 Å². The van der Waals surface area contributed by atoms with E-state index in [1.807, 2.05) is 0 Å². The Bertz CT molecular complexity index is 386. The summed E-state index contributed by atoms with van der Waals surface area (Å²) in [5.41, 5.74) is 2.84. The summed E-state index contributed by atoms with van der Waals surface area (Å²) < 4.78 is 1.21. The molecule has 1 aromatic rings. The van der Waals surface area contributed by atoms with Crippen molar-refractivity contribution in [3.63, 3.8) is 0 Å². The number of anilines is 1. The molecular weight excluding hydrogens is 264 g/mol. The van der Waals surface area contributed by atoms with E-state index in [1.54, 1.807) is 0 Å². The molecule has 3 rings (SSSR count). The lowest BCUT2D eigenvalue weighted by Gasteiger charge is -2.28. The van der Waals surface area contributed by atoms with Crippen molar-refractivity contribution in [3.05, 3.63) is 28.2 Å². The molecule has 0 bridgehead atoms. The maximum atomic E-state index is 3.62. The Kier molecular flexibility index (Phi) is 2.90. The standard InChI is InChI=1S/C13H17BrN2/c14-12-3-1-2-10-11(8-16-13(10)12)9-4-6-15-7-5-9/h1-3,9,11,15-16H,4-8H2. The molecule has 86 valence electrons. The van der Waals surface area contributed by atoms with Crippen LogP contribution in [0.2, 0.25) is 0 Å². The fourth-order valence-corrected chi connectivity index (χ4v) is 3.55. The zero-order chi connectivity index (χ0) is 11.0. The molecule has 2 N–H and O–H groups in total. The van der Waals surface area contributed by atoms with Crippen LogP contribution in [0.4, 0.5) is 5.69 Å². The van der Waals surface area contributed by atoms with Crippen molar-refractivity contribution >= 4 is 21.6 Å². The molecule has 0 aromatic heterocycles. The minimum Gasteiger partial charge on any atom is -0.383 e. The van der Waals surface area contributed by atoms with Crippen LogP contribution < -0.4 is 10.6 Å². The van der Waals surface area contributed by atoms with Crippen molar-refractivity contribution in [2.45, 2.75) is 18.8 Å². The van der Waals surface area contributed by atoms with Crippen molar-refractivity contribution in [2.24, 2.45) is 5.92 Å². The first-order chi connectivity index (χ1) is 7.86. The van der Waals surface area contributed by atoms with Crippen molar-refractivity contribution in [1.29, 1.82) is 0 Å². The van der Waals surface area contributed by atoms with E-state index in [-0.39, 0.29) is 0 Å². The zero-order valence-electron chi connectivity index (χ0n) is 9.30. The number of nitrogens with one attached hydrogen (secondary N) is 2. The third-order valence-electron chi connectivity index (χ3n) is 3.90. The van der Waals surface area contributed by atoms with Crippen molar-refractivity contribution in [1.82, 2.24) is 5.32 Å². The molecule has 16 heavy (non-hydrogen) atoms. The molecule has 2 nitrogen and oxygen atoms in total. The largest absolute Gasteiger partial charge is 0.383 e. The van der Waals surface area contributed by atoms with E-state index in [4.69, 9.17) is 0 Å². The number of hydrogen-bond acceptors (Lipinski definition) is 2. The van der Waals surface area contributed by atoms with Gasteiger partial charge in [0.2, 0.25) is 0 Å². The van der Waals surface area contributed by atoms with Crippen LogP contribution in [0.3, 0.4) is 0 Å². The van der Waals surface area contributed by atoms with E-state index in [0.717, 1.165) is 18.4 Å². The highest BCUT2D eigenvalue weighted by molar-refractivity contribution is 9.10. The Hall–Kier alpha value is -0.540. The normalized spacial score (nSPS) is 25.2. The number of benzene rings is 1. The summed E-state index contributed by atoms with van der Waals surface area (Å²) in [6.45, 7) is 3.48. The predicted molar refractivity (Wildman–Crippen MR) is 71.0 cm³/mol. The van der Waals surface area contributed by atoms with Crippen LogP contribution in [-0.4, -0.2) is 19.6 Å². The Morgan fingerprint density at radius 3 is 2.81 bits per heavy atom. The first-order valence-electron chi connectivity index (χ1n) is 6.09. The molecule has 0 amide bonds. The molecule has 2 aliphatic heterocycles. The number of piperidine rings is 1. The molecule has 3 heteroatoms. The Morgan fingerprint density at radius 2 is 2.00 bits per heavy atom. The maximum Gasteiger partial charge on any atom is 0.0521 e. The minimum absolute atomic E-state index is 0.717. The summed E-state index contributed by atoms with van der Waals surface area (Å²) in [6.07, 6.45) is 2.64. The molecule has 2 heterocycles. The van der Waals surface area contributed by atoms with E-state index in [9.17, 15) is 0 Å². The van der Waals surface area contributed by atoms with Crippen molar-refractivity contribution < 1.29 is 0 Å². The summed E-state index contributed by atoms with van der Waals surface area (Å²) >= 11 is 3.62. The van der Waals surface area contributed by atoms with E-state index in [0.29, 0.717) is 0 Å². The monoisotopic (exact) mass is 280 g/mol. The van der Waals surface area contributed by atoms with Gasteiger partial charge < -0.3 is 10.6 Å². The molecule has 1 aromatic carbocycles. The lowest BCUT2D eigenvalue weighted by atomic mass is 9.82. The van der Waals surface area contributed by atoms with Crippen molar-refractivity contribution in [3.8, 4) is 0 Å². The van der Waals surface area contributed by atoms with Gasteiger partial charge >= 0.3 is 0 Å². The number of para-hydroxylation sites is 1.